The van der Waals surface area contributed by atoms with E-state index in [1.54, 1.807) is 0 Å². The molecule has 2 saturated carbocycles. The van der Waals surface area contributed by atoms with Crippen LogP contribution in [0.4, 0.5) is 0 Å². The highest BCUT2D eigenvalue weighted by molar-refractivity contribution is 6.30. The fraction of sp³-hybridized carbons (Fsp3) is 0.667. The summed E-state index contributed by atoms with van der Waals surface area (Å²) in [6.07, 6.45) is 6.09. The Morgan fingerprint density at radius 3 is 2.46 bits per heavy atom. The molecule has 1 aromatic carbocycles. The van der Waals surface area contributed by atoms with E-state index in [0.717, 1.165) is 38.3 Å². The molecule has 1 aromatic rings. The van der Waals surface area contributed by atoms with Crippen molar-refractivity contribution in [2.75, 3.05) is 32.8 Å². The Hall–Kier alpha value is -1.10. The average molecular weight is 377 g/mol. The summed E-state index contributed by atoms with van der Waals surface area (Å²) < 4.78 is 5.99. The van der Waals surface area contributed by atoms with Gasteiger partial charge in [-0.15, -0.1) is 0 Å². The van der Waals surface area contributed by atoms with Gasteiger partial charge in [0.15, 0.2) is 0 Å². The van der Waals surface area contributed by atoms with Crippen LogP contribution < -0.4 is 0 Å². The maximum Gasteiger partial charge on any atom is 0.227 e. The zero-order valence-electron chi connectivity index (χ0n) is 15.6. The minimum Gasteiger partial charge on any atom is -0.378 e. The molecule has 2 aliphatic carbocycles. The van der Waals surface area contributed by atoms with Crippen LogP contribution in [0.15, 0.2) is 24.3 Å². The van der Waals surface area contributed by atoms with Gasteiger partial charge in [-0.05, 0) is 43.9 Å². The predicted molar refractivity (Wildman–Crippen MR) is 103 cm³/mol. The highest BCUT2D eigenvalue weighted by Gasteiger charge is 2.60. The Labute approximate surface area is 161 Å². The Balaban J connectivity index is 1.29. The lowest BCUT2D eigenvalue weighted by Crippen LogP contribution is -2.69. The van der Waals surface area contributed by atoms with E-state index in [1.807, 2.05) is 29.2 Å². The second kappa shape index (κ2) is 7.49. The summed E-state index contributed by atoms with van der Waals surface area (Å²) in [4.78, 5) is 17.2. The van der Waals surface area contributed by atoms with Gasteiger partial charge in [0.1, 0.15) is 0 Å². The van der Waals surface area contributed by atoms with Gasteiger partial charge >= 0.3 is 0 Å². The molecule has 1 saturated heterocycles. The van der Waals surface area contributed by atoms with Crippen molar-refractivity contribution < 1.29 is 9.53 Å². The lowest BCUT2D eigenvalue weighted by Gasteiger charge is -2.64. The number of benzene rings is 1. The Bertz CT molecular complexity index is 636. The van der Waals surface area contributed by atoms with Crippen LogP contribution in [0.5, 0.6) is 0 Å². The number of piperazine rings is 1. The smallest absolute Gasteiger partial charge is 0.227 e. The summed E-state index contributed by atoms with van der Waals surface area (Å²) in [6.45, 7) is 6.61. The van der Waals surface area contributed by atoms with Crippen LogP contribution >= 0.6 is 11.6 Å². The van der Waals surface area contributed by atoms with Gasteiger partial charge in [-0.3, -0.25) is 9.69 Å². The van der Waals surface area contributed by atoms with Crippen molar-refractivity contribution in [3.8, 4) is 0 Å². The van der Waals surface area contributed by atoms with Crippen LogP contribution in [0.3, 0.4) is 0 Å². The Morgan fingerprint density at radius 1 is 1.19 bits per heavy atom. The summed E-state index contributed by atoms with van der Waals surface area (Å²) in [6, 6.07) is 8.26. The number of ether oxygens (including phenoxy) is 1. The number of hydrogen-bond donors (Lipinski definition) is 0. The topological polar surface area (TPSA) is 32.8 Å². The zero-order chi connectivity index (χ0) is 18.1. The van der Waals surface area contributed by atoms with Crippen molar-refractivity contribution in [3.05, 3.63) is 34.9 Å². The van der Waals surface area contributed by atoms with Crippen LogP contribution in [-0.2, 0) is 16.0 Å². The molecule has 1 amide bonds. The van der Waals surface area contributed by atoms with Crippen LogP contribution in [0.1, 0.15) is 38.2 Å². The van der Waals surface area contributed by atoms with Crippen molar-refractivity contribution in [3.63, 3.8) is 0 Å². The quantitative estimate of drug-likeness (QED) is 0.789. The van der Waals surface area contributed by atoms with Crippen molar-refractivity contribution in [2.24, 2.45) is 5.41 Å². The SMILES string of the molecule is CCO[C@H]1C[C@H](N2CCN(C(=O)Cc3ccc(Cl)cc3)CC2)C12CCC2. The van der Waals surface area contributed by atoms with Gasteiger partial charge in [-0.1, -0.05) is 30.2 Å². The van der Waals surface area contributed by atoms with Crippen LogP contribution in [0.2, 0.25) is 5.02 Å². The van der Waals surface area contributed by atoms with E-state index in [9.17, 15) is 4.79 Å². The van der Waals surface area contributed by atoms with Crippen molar-refractivity contribution in [1.82, 2.24) is 9.80 Å². The fourth-order valence-electron chi connectivity index (χ4n) is 5.09. The van der Waals surface area contributed by atoms with E-state index in [1.165, 1.54) is 25.7 Å². The molecule has 5 heteroatoms. The van der Waals surface area contributed by atoms with E-state index >= 15 is 0 Å². The number of nitrogens with zero attached hydrogens (tertiary/aromatic N) is 2. The summed E-state index contributed by atoms with van der Waals surface area (Å²) in [5, 5.41) is 0.714. The standard InChI is InChI=1S/C21H29ClN2O2/c1-2-26-19-15-18(21(19)8-3-9-21)23-10-12-24(13-11-23)20(25)14-16-4-6-17(22)7-5-16/h4-7,18-19H,2-3,8-15H2,1H3/t18-,19-/m0/s1. The molecule has 4 nitrogen and oxygen atoms in total. The Kier molecular flexibility index (Phi) is 5.27. The lowest BCUT2D eigenvalue weighted by atomic mass is 9.50. The van der Waals surface area contributed by atoms with Crippen molar-refractivity contribution in [1.29, 1.82) is 0 Å². The molecular weight excluding hydrogens is 348 g/mol. The third-order valence-electron chi connectivity index (χ3n) is 6.77. The summed E-state index contributed by atoms with van der Waals surface area (Å²) >= 11 is 5.92. The minimum atomic E-state index is 0.228. The second-order valence-electron chi connectivity index (χ2n) is 8.00. The van der Waals surface area contributed by atoms with E-state index in [2.05, 4.69) is 11.8 Å². The molecule has 0 aromatic heterocycles. The van der Waals surface area contributed by atoms with Gasteiger partial charge < -0.3 is 9.64 Å². The van der Waals surface area contributed by atoms with E-state index in [0.29, 0.717) is 29.0 Å². The molecule has 1 aliphatic heterocycles. The van der Waals surface area contributed by atoms with Crippen molar-refractivity contribution in [2.45, 2.75) is 51.2 Å². The molecule has 3 fully saturated rings. The van der Waals surface area contributed by atoms with Crippen LogP contribution in [-0.4, -0.2) is 60.6 Å². The van der Waals surface area contributed by atoms with Gasteiger partial charge in [-0.25, -0.2) is 0 Å². The summed E-state index contributed by atoms with van der Waals surface area (Å²) in [5.41, 5.74) is 1.46. The molecule has 0 bridgehead atoms. The van der Waals surface area contributed by atoms with Crippen molar-refractivity contribution >= 4 is 17.5 Å². The Morgan fingerprint density at radius 2 is 1.88 bits per heavy atom. The molecule has 0 radical (unpaired) electrons. The first kappa shape index (κ1) is 18.3. The number of amides is 1. The lowest BCUT2D eigenvalue weighted by molar-refractivity contribution is -0.207. The first-order chi connectivity index (χ1) is 12.6. The molecule has 1 heterocycles. The average Bonchev–Trinajstić information content (AvgIpc) is 2.59. The highest BCUT2D eigenvalue weighted by atomic mass is 35.5. The normalized spacial score (nSPS) is 27.8. The maximum absolute atomic E-state index is 12.6. The fourth-order valence-corrected chi connectivity index (χ4v) is 5.21. The third-order valence-corrected chi connectivity index (χ3v) is 7.02. The maximum atomic E-state index is 12.6. The highest BCUT2D eigenvalue weighted by Crippen LogP contribution is 2.59. The molecule has 4 rings (SSSR count). The van der Waals surface area contributed by atoms with Gasteiger partial charge in [0, 0.05) is 49.3 Å². The number of halogens is 1. The van der Waals surface area contributed by atoms with Gasteiger partial charge in [0.25, 0.3) is 0 Å². The second-order valence-corrected chi connectivity index (χ2v) is 8.44. The molecule has 0 unspecified atom stereocenters. The van der Waals surface area contributed by atoms with E-state index < -0.39 is 0 Å². The monoisotopic (exact) mass is 376 g/mol. The van der Waals surface area contributed by atoms with E-state index in [4.69, 9.17) is 16.3 Å². The number of carbonyl (C=O) groups is 1. The molecule has 2 atom stereocenters. The number of hydrogen-bond acceptors (Lipinski definition) is 3. The molecule has 1 spiro atoms. The minimum absolute atomic E-state index is 0.228. The molecule has 26 heavy (non-hydrogen) atoms. The van der Waals surface area contributed by atoms with Gasteiger partial charge in [-0.2, -0.15) is 0 Å². The zero-order valence-corrected chi connectivity index (χ0v) is 16.4. The predicted octanol–water partition coefficient (Wildman–Crippen LogP) is 3.37. The summed E-state index contributed by atoms with van der Waals surface area (Å²) in [5.74, 6) is 0.228. The molecule has 3 aliphatic rings. The largest absolute Gasteiger partial charge is 0.378 e. The van der Waals surface area contributed by atoms with Crippen LogP contribution in [0.25, 0.3) is 0 Å². The first-order valence-electron chi connectivity index (χ1n) is 10.0. The third kappa shape index (κ3) is 3.28. The molecule has 142 valence electrons. The van der Waals surface area contributed by atoms with Gasteiger partial charge in [0.05, 0.1) is 12.5 Å². The number of rotatable bonds is 5. The molecular formula is C21H29ClN2O2. The number of carbonyl (C=O) groups excluding carboxylic acids is 1. The van der Waals surface area contributed by atoms with Gasteiger partial charge in [0.2, 0.25) is 5.91 Å². The van der Waals surface area contributed by atoms with Crippen LogP contribution in [0, 0.1) is 5.41 Å². The first-order valence-corrected chi connectivity index (χ1v) is 10.4. The molecule has 0 N–H and O–H groups in total. The van der Waals surface area contributed by atoms with E-state index in [-0.39, 0.29) is 5.91 Å². The summed E-state index contributed by atoms with van der Waals surface area (Å²) in [7, 11) is 0.